The molecule has 0 fully saturated rings. The van der Waals surface area contributed by atoms with E-state index in [1.165, 1.54) is 11.3 Å². The molecule has 1 aromatic carbocycles. The number of aldehydes is 1. The maximum atomic E-state index is 10.7. The second-order valence-electron chi connectivity index (χ2n) is 2.83. The lowest BCUT2D eigenvalue weighted by Gasteiger charge is -2.00. The van der Waals surface area contributed by atoms with Crippen LogP contribution < -0.4 is 0 Å². The van der Waals surface area contributed by atoms with E-state index < -0.39 is 0 Å². The molecule has 2 aromatic rings. The number of phenols is 1. The zero-order valence-electron chi connectivity index (χ0n) is 7.48. The zero-order chi connectivity index (χ0) is 10.1. The van der Waals surface area contributed by atoms with Gasteiger partial charge in [0.15, 0.2) is 6.29 Å². The van der Waals surface area contributed by atoms with Crippen molar-refractivity contribution >= 4 is 39.5 Å². The van der Waals surface area contributed by atoms with Crippen molar-refractivity contribution in [1.82, 2.24) is 0 Å². The molecule has 4 heteroatoms. The van der Waals surface area contributed by atoms with Crippen LogP contribution in [-0.4, -0.2) is 17.6 Å². The highest BCUT2D eigenvalue weighted by molar-refractivity contribution is 7.99. The summed E-state index contributed by atoms with van der Waals surface area (Å²) in [6, 6.07) is 3.35. The first-order valence-corrected chi connectivity index (χ1v) is 6.10. The van der Waals surface area contributed by atoms with Crippen LogP contribution in [0.1, 0.15) is 10.4 Å². The molecule has 0 unspecified atom stereocenters. The predicted molar refractivity (Wildman–Crippen MR) is 60.7 cm³/mol. The SMILES string of the molecule is CSc1cc(O)cc2c(C=O)csc12. The number of carbonyl (C=O) groups excluding carboxylic acids is 1. The molecule has 0 aliphatic heterocycles. The van der Waals surface area contributed by atoms with Crippen LogP contribution >= 0.6 is 23.1 Å². The van der Waals surface area contributed by atoms with Gasteiger partial charge < -0.3 is 5.11 Å². The highest BCUT2D eigenvalue weighted by Crippen LogP contribution is 2.36. The molecule has 0 bridgehead atoms. The molecule has 0 radical (unpaired) electrons. The Kier molecular flexibility index (Phi) is 2.48. The molecular weight excluding hydrogens is 216 g/mol. The standard InChI is InChI=1S/C10H8O2S2/c1-13-9-3-7(12)2-8-6(4-11)5-14-10(8)9/h2-5,12H,1H3. The van der Waals surface area contributed by atoms with E-state index in [1.54, 1.807) is 23.9 Å². The van der Waals surface area contributed by atoms with Gasteiger partial charge in [0.1, 0.15) is 5.75 Å². The number of rotatable bonds is 2. The molecule has 2 rings (SSSR count). The third-order valence-electron chi connectivity index (χ3n) is 2.00. The first kappa shape index (κ1) is 9.55. The molecule has 1 N–H and O–H groups in total. The number of hydrogen-bond donors (Lipinski definition) is 1. The van der Waals surface area contributed by atoms with Gasteiger partial charge in [-0.3, -0.25) is 4.79 Å². The van der Waals surface area contributed by atoms with E-state index in [4.69, 9.17) is 0 Å². The number of hydrogen-bond acceptors (Lipinski definition) is 4. The van der Waals surface area contributed by atoms with Crippen LogP contribution in [0.15, 0.2) is 22.4 Å². The molecule has 1 heterocycles. The van der Waals surface area contributed by atoms with Crippen molar-refractivity contribution in [2.75, 3.05) is 6.26 Å². The topological polar surface area (TPSA) is 37.3 Å². The van der Waals surface area contributed by atoms with E-state index in [2.05, 4.69) is 0 Å². The zero-order valence-corrected chi connectivity index (χ0v) is 9.11. The van der Waals surface area contributed by atoms with Crippen molar-refractivity contribution < 1.29 is 9.90 Å². The Bertz CT molecular complexity index is 488. The summed E-state index contributed by atoms with van der Waals surface area (Å²) in [5, 5.41) is 12.1. The van der Waals surface area contributed by atoms with E-state index in [-0.39, 0.29) is 5.75 Å². The molecule has 14 heavy (non-hydrogen) atoms. The van der Waals surface area contributed by atoms with Gasteiger partial charge in [-0.1, -0.05) is 0 Å². The van der Waals surface area contributed by atoms with Crippen molar-refractivity contribution in [3.8, 4) is 5.75 Å². The van der Waals surface area contributed by atoms with Gasteiger partial charge >= 0.3 is 0 Å². The maximum absolute atomic E-state index is 10.7. The summed E-state index contributed by atoms with van der Waals surface area (Å²) in [7, 11) is 0. The van der Waals surface area contributed by atoms with Crippen LogP contribution in [0.25, 0.3) is 10.1 Å². The summed E-state index contributed by atoms with van der Waals surface area (Å²) >= 11 is 3.11. The van der Waals surface area contributed by atoms with Crippen molar-refractivity contribution in [2.24, 2.45) is 0 Å². The average Bonchev–Trinajstić information content (AvgIpc) is 2.59. The fourth-order valence-electron chi connectivity index (χ4n) is 1.35. The number of thioether (sulfide) groups is 1. The lowest BCUT2D eigenvalue weighted by atomic mass is 10.2. The van der Waals surface area contributed by atoms with Gasteiger partial charge in [0.2, 0.25) is 0 Å². The molecule has 0 aliphatic rings. The fraction of sp³-hybridized carbons (Fsp3) is 0.100. The van der Waals surface area contributed by atoms with Gasteiger partial charge in [0.05, 0.1) is 0 Å². The predicted octanol–water partition coefficient (Wildman–Crippen LogP) is 3.14. The van der Waals surface area contributed by atoms with Crippen LogP contribution in [0.2, 0.25) is 0 Å². The molecule has 0 aliphatic carbocycles. The molecular formula is C10H8O2S2. The smallest absolute Gasteiger partial charge is 0.151 e. The molecule has 1 aromatic heterocycles. The van der Waals surface area contributed by atoms with Crippen LogP contribution in [0.4, 0.5) is 0 Å². The summed E-state index contributed by atoms with van der Waals surface area (Å²) in [6.07, 6.45) is 2.77. The Morgan fingerprint density at radius 2 is 2.29 bits per heavy atom. The number of thiophene rings is 1. The van der Waals surface area contributed by atoms with Crippen molar-refractivity contribution in [1.29, 1.82) is 0 Å². The summed E-state index contributed by atoms with van der Waals surface area (Å²) < 4.78 is 1.07. The largest absolute Gasteiger partial charge is 0.508 e. The third-order valence-corrected chi connectivity index (χ3v) is 3.94. The second-order valence-corrected chi connectivity index (χ2v) is 4.56. The first-order valence-electron chi connectivity index (χ1n) is 3.99. The average molecular weight is 224 g/mol. The summed E-state index contributed by atoms with van der Waals surface area (Å²) in [4.78, 5) is 11.7. The van der Waals surface area contributed by atoms with E-state index >= 15 is 0 Å². The lowest BCUT2D eigenvalue weighted by molar-refractivity contribution is 0.112. The molecule has 2 nitrogen and oxygen atoms in total. The third kappa shape index (κ3) is 1.40. The lowest BCUT2D eigenvalue weighted by Crippen LogP contribution is -1.77. The van der Waals surface area contributed by atoms with Crippen molar-refractivity contribution in [3.05, 3.63) is 23.1 Å². The summed E-state index contributed by atoms with van der Waals surface area (Å²) in [5.41, 5.74) is 0.649. The molecule has 0 atom stereocenters. The second kappa shape index (κ2) is 3.63. The highest BCUT2D eigenvalue weighted by atomic mass is 32.2. The Balaban J connectivity index is 2.83. The molecule has 72 valence electrons. The quantitative estimate of drug-likeness (QED) is 0.629. The van der Waals surface area contributed by atoms with Crippen LogP contribution in [0, 0.1) is 0 Å². The number of aromatic hydroxyl groups is 1. The Labute approximate surface area is 89.6 Å². The van der Waals surface area contributed by atoms with Gasteiger partial charge in [-0.25, -0.2) is 0 Å². The van der Waals surface area contributed by atoms with Crippen molar-refractivity contribution in [3.63, 3.8) is 0 Å². The Morgan fingerprint density at radius 1 is 1.50 bits per heavy atom. The summed E-state index contributed by atoms with van der Waals surface area (Å²) in [6.45, 7) is 0. The minimum Gasteiger partial charge on any atom is -0.508 e. The number of fused-ring (bicyclic) bond motifs is 1. The first-order chi connectivity index (χ1) is 6.76. The fourth-order valence-corrected chi connectivity index (χ4v) is 3.19. The Morgan fingerprint density at radius 3 is 2.93 bits per heavy atom. The van der Waals surface area contributed by atoms with E-state index in [9.17, 15) is 9.90 Å². The van der Waals surface area contributed by atoms with Gasteiger partial charge in [-0.05, 0) is 18.4 Å². The van der Waals surface area contributed by atoms with Crippen molar-refractivity contribution in [2.45, 2.75) is 4.90 Å². The summed E-state index contributed by atoms with van der Waals surface area (Å²) in [5.74, 6) is 0.211. The van der Waals surface area contributed by atoms with Crippen LogP contribution in [0.5, 0.6) is 5.75 Å². The molecule has 0 saturated heterocycles. The van der Waals surface area contributed by atoms with Gasteiger partial charge in [-0.15, -0.1) is 23.1 Å². The van der Waals surface area contributed by atoms with Gasteiger partial charge in [-0.2, -0.15) is 0 Å². The minimum absolute atomic E-state index is 0.211. The minimum atomic E-state index is 0.211. The highest BCUT2D eigenvalue weighted by Gasteiger charge is 2.08. The number of carbonyl (C=O) groups is 1. The van der Waals surface area contributed by atoms with Crippen LogP contribution in [-0.2, 0) is 0 Å². The molecule has 0 amide bonds. The van der Waals surface area contributed by atoms with Crippen LogP contribution in [0.3, 0.4) is 0 Å². The number of phenolic OH excluding ortho intramolecular Hbond substituents is 1. The van der Waals surface area contributed by atoms with E-state index in [0.717, 1.165) is 21.3 Å². The molecule has 0 saturated carbocycles. The normalized spacial score (nSPS) is 10.6. The van der Waals surface area contributed by atoms with Gasteiger partial charge in [0.25, 0.3) is 0 Å². The van der Waals surface area contributed by atoms with E-state index in [0.29, 0.717) is 5.56 Å². The maximum Gasteiger partial charge on any atom is 0.151 e. The number of benzene rings is 1. The van der Waals surface area contributed by atoms with Gasteiger partial charge in [0, 0.05) is 25.9 Å². The Hall–Kier alpha value is -1.000. The molecule has 0 spiro atoms. The monoisotopic (exact) mass is 224 g/mol. The van der Waals surface area contributed by atoms with E-state index in [1.807, 2.05) is 11.6 Å².